The van der Waals surface area contributed by atoms with E-state index in [1.54, 1.807) is 30.7 Å². The molecule has 8 nitrogen and oxygen atoms in total. The van der Waals surface area contributed by atoms with E-state index in [0.717, 1.165) is 16.7 Å². The number of carbonyl (C=O) groups is 1. The highest BCUT2D eigenvalue weighted by atomic mass is 19.1. The Morgan fingerprint density at radius 1 is 1.21 bits per heavy atom. The molecule has 4 rings (SSSR count). The maximum atomic E-state index is 13.3. The normalized spacial score (nSPS) is 14.6. The fourth-order valence-corrected chi connectivity index (χ4v) is 3.08. The van der Waals surface area contributed by atoms with Gasteiger partial charge in [-0.2, -0.15) is 4.98 Å². The van der Waals surface area contributed by atoms with Gasteiger partial charge in [0.05, 0.1) is 12.6 Å². The summed E-state index contributed by atoms with van der Waals surface area (Å²) in [7, 11) is 0. The molecule has 1 atom stereocenters. The second-order valence-electron chi connectivity index (χ2n) is 6.66. The predicted molar refractivity (Wildman–Crippen MR) is 105 cm³/mol. The van der Waals surface area contributed by atoms with Crippen molar-refractivity contribution in [2.24, 2.45) is 0 Å². The summed E-state index contributed by atoms with van der Waals surface area (Å²) in [5.74, 6) is 1.12. The molecule has 148 valence electrons. The van der Waals surface area contributed by atoms with Crippen molar-refractivity contribution in [3.63, 3.8) is 0 Å². The lowest BCUT2D eigenvalue weighted by atomic mass is 10.0. The molecule has 1 amide bonds. The highest BCUT2D eigenvalue weighted by molar-refractivity contribution is 5.88. The highest BCUT2D eigenvalue weighted by Crippen LogP contribution is 2.24. The molecule has 0 aliphatic carbocycles. The van der Waals surface area contributed by atoms with Gasteiger partial charge in [-0.25, -0.2) is 24.1 Å². The molecule has 1 fully saturated rings. The first-order valence-corrected chi connectivity index (χ1v) is 9.13. The first kappa shape index (κ1) is 18.7. The Morgan fingerprint density at radius 3 is 2.69 bits per heavy atom. The van der Waals surface area contributed by atoms with Gasteiger partial charge in [-0.1, -0.05) is 6.07 Å². The van der Waals surface area contributed by atoms with Crippen LogP contribution in [-0.4, -0.2) is 39.2 Å². The fraction of sp³-hybridized carbons (Fsp3) is 0.250. The number of cyclic esters (lactones) is 1. The average molecular weight is 394 g/mol. The fourth-order valence-electron chi connectivity index (χ4n) is 3.08. The first-order chi connectivity index (χ1) is 14.0. The Bertz CT molecular complexity index is 1040. The smallest absolute Gasteiger partial charge is 0.415 e. The van der Waals surface area contributed by atoms with Crippen LogP contribution in [0.15, 0.2) is 42.9 Å². The van der Waals surface area contributed by atoms with Crippen LogP contribution < -0.4 is 10.2 Å². The van der Waals surface area contributed by atoms with E-state index in [4.69, 9.17) is 4.74 Å². The van der Waals surface area contributed by atoms with Crippen molar-refractivity contribution in [1.82, 2.24) is 19.9 Å². The molecular weight excluding hydrogens is 375 g/mol. The van der Waals surface area contributed by atoms with Crippen LogP contribution in [0, 0.1) is 12.7 Å². The molecule has 1 saturated heterocycles. The third kappa shape index (κ3) is 3.98. The van der Waals surface area contributed by atoms with E-state index in [1.165, 1.54) is 17.0 Å². The third-order valence-corrected chi connectivity index (χ3v) is 4.58. The highest BCUT2D eigenvalue weighted by Gasteiger charge is 2.25. The number of anilines is 2. The van der Waals surface area contributed by atoms with Crippen LogP contribution in [0.2, 0.25) is 0 Å². The summed E-state index contributed by atoms with van der Waals surface area (Å²) in [6.45, 7) is 4.53. The van der Waals surface area contributed by atoms with Crippen molar-refractivity contribution in [2.45, 2.75) is 19.9 Å². The molecular formula is C20H19FN6O2. The Morgan fingerprint density at radius 2 is 2.00 bits per heavy atom. The molecule has 0 spiro atoms. The molecule has 0 saturated carbocycles. The number of benzene rings is 1. The predicted octanol–water partition coefficient (Wildman–Crippen LogP) is 3.51. The summed E-state index contributed by atoms with van der Waals surface area (Å²) in [5.41, 5.74) is 2.51. The van der Waals surface area contributed by atoms with E-state index in [0.29, 0.717) is 30.7 Å². The second-order valence-corrected chi connectivity index (χ2v) is 6.66. The second kappa shape index (κ2) is 7.78. The summed E-state index contributed by atoms with van der Waals surface area (Å²) in [4.78, 5) is 30.6. The summed E-state index contributed by atoms with van der Waals surface area (Å²) in [6.07, 6.45) is 4.57. The van der Waals surface area contributed by atoms with Gasteiger partial charge >= 0.3 is 6.09 Å². The molecule has 1 aliphatic rings. The minimum atomic E-state index is -0.419. The number of halogens is 1. The number of carbonyl (C=O) groups excluding carboxylic acids is 1. The number of nitrogens with one attached hydrogen (secondary N) is 1. The zero-order valence-corrected chi connectivity index (χ0v) is 16.0. The van der Waals surface area contributed by atoms with E-state index in [1.807, 2.05) is 13.8 Å². The topological polar surface area (TPSA) is 93.1 Å². The summed E-state index contributed by atoms with van der Waals surface area (Å²) >= 11 is 0. The number of aromatic nitrogens is 4. The Hall–Kier alpha value is -3.62. The Balaban J connectivity index is 1.49. The van der Waals surface area contributed by atoms with Crippen molar-refractivity contribution in [1.29, 1.82) is 0 Å². The molecule has 3 heterocycles. The van der Waals surface area contributed by atoms with Crippen LogP contribution in [0.4, 0.5) is 21.0 Å². The molecule has 0 bridgehead atoms. The van der Waals surface area contributed by atoms with Gasteiger partial charge in [0, 0.05) is 24.2 Å². The van der Waals surface area contributed by atoms with Crippen LogP contribution in [-0.2, 0) is 4.74 Å². The van der Waals surface area contributed by atoms with Gasteiger partial charge < -0.3 is 10.1 Å². The Labute approximate surface area is 166 Å². The molecule has 2 aromatic heterocycles. The molecule has 1 unspecified atom stereocenters. The van der Waals surface area contributed by atoms with E-state index >= 15 is 0 Å². The molecule has 1 aliphatic heterocycles. The van der Waals surface area contributed by atoms with Crippen molar-refractivity contribution in [2.75, 3.05) is 23.4 Å². The van der Waals surface area contributed by atoms with Crippen LogP contribution >= 0.6 is 0 Å². The SMILES string of the molecule is Cc1cc(F)ccc1-c1cnc(C(C)Nc2nccc(N3CCOC3=O)n2)nc1. The standard InChI is InChI=1S/C20H19FN6O2/c1-12-9-15(21)3-4-16(12)14-10-23-18(24-11-14)13(2)25-19-22-6-5-17(26-19)27-7-8-29-20(27)28/h3-6,9-11,13H,7-8H2,1-2H3,(H,22,25,26). The number of aryl methyl sites for hydroxylation is 1. The zero-order chi connectivity index (χ0) is 20.4. The van der Waals surface area contributed by atoms with Gasteiger partial charge in [0.15, 0.2) is 0 Å². The van der Waals surface area contributed by atoms with Gasteiger partial charge in [-0.05, 0) is 43.2 Å². The van der Waals surface area contributed by atoms with Crippen molar-refractivity contribution < 1.29 is 13.9 Å². The van der Waals surface area contributed by atoms with Crippen molar-refractivity contribution >= 4 is 17.9 Å². The lowest BCUT2D eigenvalue weighted by Crippen LogP contribution is -2.25. The van der Waals surface area contributed by atoms with Crippen LogP contribution in [0.1, 0.15) is 24.4 Å². The van der Waals surface area contributed by atoms with E-state index in [9.17, 15) is 9.18 Å². The van der Waals surface area contributed by atoms with Gasteiger partial charge in [-0.15, -0.1) is 0 Å². The van der Waals surface area contributed by atoms with Crippen LogP contribution in [0.3, 0.4) is 0 Å². The maximum absolute atomic E-state index is 13.3. The minimum Gasteiger partial charge on any atom is -0.447 e. The molecule has 29 heavy (non-hydrogen) atoms. The maximum Gasteiger partial charge on any atom is 0.415 e. The monoisotopic (exact) mass is 394 g/mol. The number of nitrogens with zero attached hydrogens (tertiary/aromatic N) is 5. The van der Waals surface area contributed by atoms with Crippen molar-refractivity contribution in [3.05, 3.63) is 60.1 Å². The number of amides is 1. The van der Waals surface area contributed by atoms with E-state index < -0.39 is 6.09 Å². The van der Waals surface area contributed by atoms with E-state index in [2.05, 4.69) is 25.3 Å². The number of rotatable bonds is 5. The molecule has 3 aromatic rings. The van der Waals surface area contributed by atoms with Crippen LogP contribution in [0.5, 0.6) is 0 Å². The van der Waals surface area contributed by atoms with Crippen molar-refractivity contribution in [3.8, 4) is 11.1 Å². The Kier molecular flexibility index (Phi) is 5.03. The van der Waals surface area contributed by atoms with Gasteiger partial charge in [0.25, 0.3) is 0 Å². The molecule has 1 N–H and O–H groups in total. The van der Waals surface area contributed by atoms with Gasteiger partial charge in [-0.3, -0.25) is 4.90 Å². The molecule has 1 aromatic carbocycles. The summed E-state index contributed by atoms with van der Waals surface area (Å²) < 4.78 is 18.2. The van der Waals surface area contributed by atoms with E-state index in [-0.39, 0.29) is 11.9 Å². The van der Waals surface area contributed by atoms with Crippen LogP contribution in [0.25, 0.3) is 11.1 Å². The lowest BCUT2D eigenvalue weighted by molar-refractivity contribution is 0.181. The molecule has 9 heteroatoms. The number of hydrogen-bond donors (Lipinski definition) is 1. The third-order valence-electron chi connectivity index (χ3n) is 4.58. The number of ether oxygens (including phenoxy) is 1. The largest absolute Gasteiger partial charge is 0.447 e. The lowest BCUT2D eigenvalue weighted by Gasteiger charge is -2.15. The zero-order valence-electron chi connectivity index (χ0n) is 16.0. The first-order valence-electron chi connectivity index (χ1n) is 9.13. The summed E-state index contributed by atoms with van der Waals surface area (Å²) in [6, 6.07) is 6.00. The number of hydrogen-bond acceptors (Lipinski definition) is 7. The summed E-state index contributed by atoms with van der Waals surface area (Å²) in [5, 5.41) is 3.14. The van der Waals surface area contributed by atoms with Gasteiger partial charge in [0.1, 0.15) is 24.1 Å². The average Bonchev–Trinajstić information content (AvgIpc) is 3.14. The quantitative estimate of drug-likeness (QED) is 0.708. The molecule has 0 radical (unpaired) electrons. The van der Waals surface area contributed by atoms with Gasteiger partial charge in [0.2, 0.25) is 5.95 Å². The minimum absolute atomic E-state index is 0.265.